The van der Waals surface area contributed by atoms with Gasteiger partial charge in [0, 0.05) is 39.0 Å². The lowest BCUT2D eigenvalue weighted by atomic mass is 10.1. The molecule has 0 saturated carbocycles. The van der Waals surface area contributed by atoms with Crippen molar-refractivity contribution in [3.63, 3.8) is 0 Å². The zero-order valence-corrected chi connectivity index (χ0v) is 14.4. The van der Waals surface area contributed by atoms with Crippen molar-refractivity contribution < 1.29 is 14.3 Å². The van der Waals surface area contributed by atoms with E-state index < -0.39 is 0 Å². The van der Waals surface area contributed by atoms with Crippen LogP contribution in [0.25, 0.3) is 0 Å². The lowest BCUT2D eigenvalue weighted by Crippen LogP contribution is -2.50. The number of hydrogen-bond donors (Lipinski definition) is 0. The van der Waals surface area contributed by atoms with Gasteiger partial charge in [0.25, 0.3) is 0 Å². The average Bonchev–Trinajstić information content (AvgIpc) is 3.07. The second-order valence-corrected chi connectivity index (χ2v) is 6.58. The highest BCUT2D eigenvalue weighted by Gasteiger charge is 2.24. The zero-order valence-electron chi connectivity index (χ0n) is 14.4. The van der Waals surface area contributed by atoms with Gasteiger partial charge in [-0.15, -0.1) is 0 Å². The van der Waals surface area contributed by atoms with Crippen molar-refractivity contribution in [2.75, 3.05) is 32.8 Å². The molecule has 0 bridgehead atoms. The molecule has 0 radical (unpaired) electrons. The third-order valence-electron chi connectivity index (χ3n) is 4.84. The summed E-state index contributed by atoms with van der Waals surface area (Å²) in [5.41, 5.74) is 2.25. The fourth-order valence-electron chi connectivity index (χ4n) is 3.33. The molecule has 1 aromatic carbocycles. The van der Waals surface area contributed by atoms with Crippen LogP contribution in [-0.4, -0.2) is 54.4 Å². The van der Waals surface area contributed by atoms with Gasteiger partial charge in [0.15, 0.2) is 0 Å². The van der Waals surface area contributed by atoms with E-state index in [2.05, 4.69) is 13.0 Å². The number of nitrogens with zero attached hydrogens (tertiary/aromatic N) is 2. The molecule has 2 aliphatic heterocycles. The van der Waals surface area contributed by atoms with Crippen LogP contribution in [0.2, 0.25) is 0 Å². The molecule has 2 heterocycles. The second-order valence-electron chi connectivity index (χ2n) is 6.58. The van der Waals surface area contributed by atoms with Gasteiger partial charge < -0.3 is 14.5 Å². The number of unbranched alkanes of at least 4 members (excludes halogenated alkanes) is 1. The first-order valence-corrected chi connectivity index (χ1v) is 8.97. The third-order valence-corrected chi connectivity index (χ3v) is 4.84. The summed E-state index contributed by atoms with van der Waals surface area (Å²) in [7, 11) is 0. The molecule has 0 N–H and O–H groups in total. The van der Waals surface area contributed by atoms with Crippen molar-refractivity contribution in [2.45, 2.75) is 39.0 Å². The van der Waals surface area contributed by atoms with E-state index in [0.29, 0.717) is 39.0 Å². The molecule has 1 aromatic rings. The summed E-state index contributed by atoms with van der Waals surface area (Å²) >= 11 is 0. The van der Waals surface area contributed by atoms with E-state index in [9.17, 15) is 9.59 Å². The van der Waals surface area contributed by atoms with E-state index in [1.807, 2.05) is 21.9 Å². The summed E-state index contributed by atoms with van der Waals surface area (Å²) in [5.74, 6) is 1.32. The Morgan fingerprint density at radius 2 is 1.79 bits per heavy atom. The highest BCUT2D eigenvalue weighted by atomic mass is 16.5. The monoisotopic (exact) mass is 330 g/mol. The van der Waals surface area contributed by atoms with E-state index in [0.717, 1.165) is 37.2 Å². The number of piperazine rings is 1. The smallest absolute Gasteiger partial charge is 0.227 e. The minimum Gasteiger partial charge on any atom is -0.493 e. The first-order chi connectivity index (χ1) is 11.7. The molecule has 5 nitrogen and oxygen atoms in total. The van der Waals surface area contributed by atoms with E-state index in [-0.39, 0.29) is 11.8 Å². The Kier molecular flexibility index (Phi) is 5.38. The van der Waals surface area contributed by atoms with Crippen molar-refractivity contribution in [3.8, 4) is 5.75 Å². The first kappa shape index (κ1) is 16.8. The standard InChI is InChI=1S/C19H26N2O3/c1-2-3-4-18(22)20-8-10-21(11-9-20)19(23)14-15-5-6-17-16(13-15)7-12-24-17/h5-6,13H,2-4,7-12,14H2,1H3. The van der Waals surface area contributed by atoms with Crippen LogP contribution in [0.5, 0.6) is 5.75 Å². The number of carbonyl (C=O) groups is 2. The van der Waals surface area contributed by atoms with Gasteiger partial charge >= 0.3 is 0 Å². The van der Waals surface area contributed by atoms with Crippen LogP contribution in [0, 0.1) is 0 Å². The first-order valence-electron chi connectivity index (χ1n) is 8.97. The van der Waals surface area contributed by atoms with Crippen LogP contribution in [0.15, 0.2) is 18.2 Å². The summed E-state index contributed by atoms with van der Waals surface area (Å²) in [6, 6.07) is 6.03. The third kappa shape index (κ3) is 3.89. The van der Waals surface area contributed by atoms with Crippen molar-refractivity contribution >= 4 is 11.8 Å². The van der Waals surface area contributed by atoms with Gasteiger partial charge in [-0.3, -0.25) is 9.59 Å². The molecule has 1 fully saturated rings. The molecule has 5 heteroatoms. The molecular weight excluding hydrogens is 304 g/mol. The molecular formula is C19H26N2O3. The van der Waals surface area contributed by atoms with Crippen LogP contribution in [0.3, 0.4) is 0 Å². The van der Waals surface area contributed by atoms with E-state index in [1.165, 1.54) is 5.56 Å². The lowest BCUT2D eigenvalue weighted by Gasteiger charge is -2.35. The molecule has 2 amide bonds. The second kappa shape index (κ2) is 7.69. The number of carbonyl (C=O) groups excluding carboxylic acids is 2. The number of amides is 2. The molecule has 2 aliphatic rings. The number of ether oxygens (including phenoxy) is 1. The number of hydrogen-bond acceptors (Lipinski definition) is 3. The van der Waals surface area contributed by atoms with Gasteiger partial charge in [-0.1, -0.05) is 25.5 Å². The normalized spacial score (nSPS) is 16.7. The Bertz CT molecular complexity index is 607. The van der Waals surface area contributed by atoms with Gasteiger partial charge in [-0.05, 0) is 23.6 Å². The SMILES string of the molecule is CCCCC(=O)N1CCN(C(=O)Cc2ccc3c(c2)CCO3)CC1. The Hall–Kier alpha value is -2.04. The fourth-order valence-corrected chi connectivity index (χ4v) is 3.33. The van der Waals surface area contributed by atoms with Gasteiger partial charge in [0.2, 0.25) is 11.8 Å². The van der Waals surface area contributed by atoms with Crippen LogP contribution >= 0.6 is 0 Å². The Morgan fingerprint density at radius 1 is 1.08 bits per heavy atom. The molecule has 130 valence electrons. The minimum atomic E-state index is 0.148. The van der Waals surface area contributed by atoms with E-state index in [1.54, 1.807) is 0 Å². The summed E-state index contributed by atoms with van der Waals surface area (Å²) in [5, 5.41) is 0. The average molecular weight is 330 g/mol. The molecule has 3 rings (SSSR count). The highest BCUT2D eigenvalue weighted by molar-refractivity contribution is 5.80. The van der Waals surface area contributed by atoms with Crippen LogP contribution < -0.4 is 4.74 Å². The fraction of sp³-hybridized carbons (Fsp3) is 0.579. The van der Waals surface area contributed by atoms with Crippen molar-refractivity contribution in [3.05, 3.63) is 29.3 Å². The van der Waals surface area contributed by atoms with Crippen LogP contribution in [0.4, 0.5) is 0 Å². The quantitative estimate of drug-likeness (QED) is 0.830. The molecule has 0 spiro atoms. The maximum atomic E-state index is 12.5. The topological polar surface area (TPSA) is 49.9 Å². The van der Waals surface area contributed by atoms with Crippen molar-refractivity contribution in [1.29, 1.82) is 0 Å². The molecule has 0 atom stereocenters. The summed E-state index contributed by atoms with van der Waals surface area (Å²) in [4.78, 5) is 28.3. The van der Waals surface area contributed by atoms with E-state index >= 15 is 0 Å². The number of rotatable bonds is 5. The number of benzene rings is 1. The van der Waals surface area contributed by atoms with E-state index in [4.69, 9.17) is 4.74 Å². The maximum absolute atomic E-state index is 12.5. The predicted octanol–water partition coefficient (Wildman–Crippen LogP) is 2.02. The van der Waals surface area contributed by atoms with Gasteiger partial charge in [0.1, 0.15) is 5.75 Å². The Labute approximate surface area is 143 Å². The molecule has 24 heavy (non-hydrogen) atoms. The van der Waals surface area contributed by atoms with Crippen LogP contribution in [0.1, 0.15) is 37.3 Å². The minimum absolute atomic E-state index is 0.148. The largest absolute Gasteiger partial charge is 0.493 e. The summed E-state index contributed by atoms with van der Waals surface area (Å²) < 4.78 is 5.50. The Morgan fingerprint density at radius 3 is 2.50 bits per heavy atom. The van der Waals surface area contributed by atoms with Gasteiger partial charge in [-0.25, -0.2) is 0 Å². The summed E-state index contributed by atoms with van der Waals surface area (Å²) in [6.07, 6.45) is 3.96. The maximum Gasteiger partial charge on any atom is 0.227 e. The number of fused-ring (bicyclic) bond motifs is 1. The molecule has 0 aliphatic carbocycles. The van der Waals surface area contributed by atoms with Crippen molar-refractivity contribution in [1.82, 2.24) is 9.80 Å². The Balaban J connectivity index is 1.49. The molecule has 1 saturated heterocycles. The van der Waals surface area contributed by atoms with Gasteiger partial charge in [-0.2, -0.15) is 0 Å². The summed E-state index contributed by atoms with van der Waals surface area (Å²) in [6.45, 7) is 5.43. The molecule has 0 aromatic heterocycles. The van der Waals surface area contributed by atoms with Gasteiger partial charge in [0.05, 0.1) is 13.0 Å². The highest BCUT2D eigenvalue weighted by Crippen LogP contribution is 2.26. The molecule has 0 unspecified atom stereocenters. The lowest BCUT2D eigenvalue weighted by molar-refractivity contribution is -0.139. The van der Waals surface area contributed by atoms with Crippen LogP contribution in [-0.2, 0) is 22.4 Å². The predicted molar refractivity (Wildman–Crippen MR) is 92.0 cm³/mol. The van der Waals surface area contributed by atoms with Crippen molar-refractivity contribution in [2.24, 2.45) is 0 Å². The zero-order chi connectivity index (χ0) is 16.9.